The number of carboxylic acids is 1. The van der Waals surface area contributed by atoms with Gasteiger partial charge in [-0.15, -0.1) is 0 Å². The van der Waals surface area contributed by atoms with E-state index in [1.54, 1.807) is 14.2 Å². The first kappa shape index (κ1) is 17.8. The van der Waals surface area contributed by atoms with Crippen molar-refractivity contribution in [2.24, 2.45) is 0 Å². The summed E-state index contributed by atoms with van der Waals surface area (Å²) in [5.41, 5.74) is 0.995. The minimum Gasteiger partial charge on any atom is -0.497 e. The number of amides is 1. The summed E-state index contributed by atoms with van der Waals surface area (Å²) in [6, 6.07) is 5.57. The molecule has 0 aliphatic rings. The van der Waals surface area contributed by atoms with Gasteiger partial charge in [-0.2, -0.15) is 0 Å². The monoisotopic (exact) mass is 309 g/mol. The van der Waals surface area contributed by atoms with E-state index in [2.05, 4.69) is 5.32 Å². The Kier molecular flexibility index (Phi) is 7.81. The lowest BCUT2D eigenvalue weighted by Crippen LogP contribution is -2.25. The maximum Gasteiger partial charge on any atom is 0.303 e. The second-order valence-electron chi connectivity index (χ2n) is 4.88. The zero-order chi connectivity index (χ0) is 16.4. The van der Waals surface area contributed by atoms with E-state index in [0.29, 0.717) is 32.2 Å². The van der Waals surface area contributed by atoms with E-state index in [9.17, 15) is 9.59 Å². The molecule has 2 N–H and O–H groups in total. The number of carboxylic acid groups (broad SMARTS) is 1. The van der Waals surface area contributed by atoms with Gasteiger partial charge in [-0.25, -0.2) is 0 Å². The molecule has 1 amide bonds. The van der Waals surface area contributed by atoms with Crippen LogP contribution in [-0.4, -0.2) is 37.7 Å². The predicted octanol–water partition coefficient (Wildman–Crippen LogP) is 2.01. The molecule has 0 spiro atoms. The molecule has 0 saturated carbocycles. The van der Waals surface area contributed by atoms with E-state index in [4.69, 9.17) is 14.6 Å². The average molecular weight is 309 g/mol. The van der Waals surface area contributed by atoms with Gasteiger partial charge < -0.3 is 19.9 Å². The van der Waals surface area contributed by atoms with Gasteiger partial charge in [-0.1, -0.05) is 6.07 Å². The van der Waals surface area contributed by atoms with E-state index in [0.717, 1.165) is 17.1 Å². The first-order valence-electron chi connectivity index (χ1n) is 7.26. The van der Waals surface area contributed by atoms with Crippen molar-refractivity contribution in [3.63, 3.8) is 0 Å². The second kappa shape index (κ2) is 9.65. The average Bonchev–Trinajstić information content (AvgIpc) is 2.51. The summed E-state index contributed by atoms with van der Waals surface area (Å²) in [5, 5.41) is 11.3. The summed E-state index contributed by atoms with van der Waals surface area (Å²) < 4.78 is 10.4. The van der Waals surface area contributed by atoms with Crippen molar-refractivity contribution in [2.75, 3.05) is 20.8 Å². The highest BCUT2D eigenvalue weighted by atomic mass is 16.5. The van der Waals surface area contributed by atoms with E-state index in [1.807, 2.05) is 18.2 Å². The van der Waals surface area contributed by atoms with E-state index in [-0.39, 0.29) is 12.3 Å². The smallest absolute Gasteiger partial charge is 0.303 e. The number of aliphatic carboxylic acids is 1. The normalized spacial score (nSPS) is 10.1. The SMILES string of the molecule is COc1ccc(CCNC(=O)CCCCC(=O)O)c(OC)c1. The third kappa shape index (κ3) is 6.47. The molecule has 1 aromatic rings. The molecule has 0 fully saturated rings. The van der Waals surface area contributed by atoms with Gasteiger partial charge in [0.15, 0.2) is 0 Å². The largest absolute Gasteiger partial charge is 0.497 e. The number of unbranched alkanes of at least 4 members (excludes halogenated alkanes) is 1. The van der Waals surface area contributed by atoms with E-state index < -0.39 is 5.97 Å². The first-order valence-corrected chi connectivity index (χ1v) is 7.26. The van der Waals surface area contributed by atoms with Gasteiger partial charge >= 0.3 is 5.97 Å². The van der Waals surface area contributed by atoms with Gasteiger partial charge in [-0.05, 0) is 30.9 Å². The fourth-order valence-corrected chi connectivity index (χ4v) is 2.05. The Balaban J connectivity index is 2.31. The Hall–Kier alpha value is -2.24. The van der Waals surface area contributed by atoms with Gasteiger partial charge in [0, 0.05) is 25.5 Å². The maximum absolute atomic E-state index is 11.6. The second-order valence-corrected chi connectivity index (χ2v) is 4.88. The molecule has 0 atom stereocenters. The number of carbonyl (C=O) groups excluding carboxylic acids is 1. The van der Waals surface area contributed by atoms with Crippen LogP contribution in [0.2, 0.25) is 0 Å². The van der Waals surface area contributed by atoms with Crippen molar-refractivity contribution in [1.29, 1.82) is 0 Å². The minimum atomic E-state index is -0.827. The predicted molar refractivity (Wildman–Crippen MR) is 82.4 cm³/mol. The molecule has 1 rings (SSSR count). The summed E-state index contributed by atoms with van der Waals surface area (Å²) in [6.07, 6.45) is 2.23. The molecule has 1 aromatic carbocycles. The topological polar surface area (TPSA) is 84.9 Å². The van der Waals surface area contributed by atoms with E-state index >= 15 is 0 Å². The lowest BCUT2D eigenvalue weighted by molar-refractivity contribution is -0.137. The lowest BCUT2D eigenvalue weighted by atomic mass is 10.1. The molecule has 0 unspecified atom stereocenters. The molecule has 0 bridgehead atoms. The van der Waals surface area contributed by atoms with Gasteiger partial charge in [0.1, 0.15) is 11.5 Å². The highest BCUT2D eigenvalue weighted by Crippen LogP contribution is 2.24. The molecule has 6 heteroatoms. The van der Waals surface area contributed by atoms with Crippen LogP contribution in [0.4, 0.5) is 0 Å². The van der Waals surface area contributed by atoms with Crippen LogP contribution in [0.25, 0.3) is 0 Å². The third-order valence-electron chi connectivity index (χ3n) is 3.26. The van der Waals surface area contributed by atoms with Crippen molar-refractivity contribution in [1.82, 2.24) is 5.32 Å². The molecule has 22 heavy (non-hydrogen) atoms. The van der Waals surface area contributed by atoms with Gasteiger partial charge in [0.05, 0.1) is 14.2 Å². The first-order chi connectivity index (χ1) is 10.6. The van der Waals surface area contributed by atoms with Crippen LogP contribution >= 0.6 is 0 Å². The summed E-state index contributed by atoms with van der Waals surface area (Å²) in [5.74, 6) is 0.572. The van der Waals surface area contributed by atoms with Crippen LogP contribution < -0.4 is 14.8 Å². The molecular formula is C16H23NO5. The van der Waals surface area contributed by atoms with Crippen LogP contribution in [0.3, 0.4) is 0 Å². The van der Waals surface area contributed by atoms with Crippen molar-refractivity contribution < 1.29 is 24.2 Å². The van der Waals surface area contributed by atoms with Crippen LogP contribution in [0.15, 0.2) is 18.2 Å². The van der Waals surface area contributed by atoms with Gasteiger partial charge in [0.2, 0.25) is 5.91 Å². The number of rotatable bonds is 10. The number of hydrogen-bond acceptors (Lipinski definition) is 4. The van der Waals surface area contributed by atoms with Crippen molar-refractivity contribution >= 4 is 11.9 Å². The Bertz CT molecular complexity index is 501. The number of methoxy groups -OCH3 is 2. The van der Waals surface area contributed by atoms with Crippen molar-refractivity contribution in [3.05, 3.63) is 23.8 Å². The van der Waals surface area contributed by atoms with Gasteiger partial charge in [0.25, 0.3) is 0 Å². The van der Waals surface area contributed by atoms with Gasteiger partial charge in [-0.3, -0.25) is 9.59 Å². The maximum atomic E-state index is 11.6. The summed E-state index contributed by atoms with van der Waals surface area (Å²) >= 11 is 0. The zero-order valence-electron chi connectivity index (χ0n) is 13.1. The molecule has 0 aliphatic heterocycles. The highest BCUT2D eigenvalue weighted by molar-refractivity contribution is 5.75. The molecular weight excluding hydrogens is 286 g/mol. The highest BCUT2D eigenvalue weighted by Gasteiger charge is 2.06. The van der Waals surface area contributed by atoms with Crippen LogP contribution in [0, 0.1) is 0 Å². The number of ether oxygens (including phenoxy) is 2. The molecule has 0 heterocycles. The summed E-state index contributed by atoms with van der Waals surface area (Å²) in [4.78, 5) is 22.0. The Morgan fingerprint density at radius 1 is 1.14 bits per heavy atom. The molecule has 6 nitrogen and oxygen atoms in total. The molecule has 0 aliphatic carbocycles. The van der Waals surface area contributed by atoms with Crippen molar-refractivity contribution in [3.8, 4) is 11.5 Å². The Labute approximate surface area is 130 Å². The molecule has 122 valence electrons. The fourth-order valence-electron chi connectivity index (χ4n) is 2.05. The Morgan fingerprint density at radius 3 is 2.50 bits per heavy atom. The quantitative estimate of drug-likeness (QED) is 0.646. The van der Waals surface area contributed by atoms with Crippen LogP contribution in [0.5, 0.6) is 11.5 Å². The van der Waals surface area contributed by atoms with Crippen LogP contribution in [0.1, 0.15) is 31.2 Å². The number of benzene rings is 1. The molecule has 0 saturated heterocycles. The minimum absolute atomic E-state index is 0.0575. The lowest BCUT2D eigenvalue weighted by Gasteiger charge is -2.11. The Morgan fingerprint density at radius 2 is 1.86 bits per heavy atom. The zero-order valence-corrected chi connectivity index (χ0v) is 13.1. The standard InChI is InChI=1S/C16H23NO5/c1-21-13-8-7-12(14(11-13)22-2)9-10-17-15(18)5-3-4-6-16(19)20/h7-8,11H,3-6,9-10H2,1-2H3,(H,17,18)(H,19,20). The number of hydrogen-bond donors (Lipinski definition) is 2. The summed E-state index contributed by atoms with van der Waals surface area (Å²) in [6.45, 7) is 0.514. The summed E-state index contributed by atoms with van der Waals surface area (Å²) in [7, 11) is 3.19. The molecule has 0 aromatic heterocycles. The van der Waals surface area contributed by atoms with Crippen LogP contribution in [-0.2, 0) is 16.0 Å². The molecule has 0 radical (unpaired) electrons. The fraction of sp³-hybridized carbons (Fsp3) is 0.500. The number of nitrogens with one attached hydrogen (secondary N) is 1. The van der Waals surface area contributed by atoms with E-state index in [1.165, 1.54) is 0 Å². The van der Waals surface area contributed by atoms with Crippen molar-refractivity contribution in [2.45, 2.75) is 32.1 Å². The third-order valence-corrected chi connectivity index (χ3v) is 3.26. The number of carbonyl (C=O) groups is 2.